The number of aliphatic hydroxyl groups is 4. The van der Waals surface area contributed by atoms with Crippen molar-refractivity contribution in [2.75, 3.05) is 6.61 Å². The molecule has 4 N–H and O–H groups in total. The van der Waals surface area contributed by atoms with Gasteiger partial charge in [0.15, 0.2) is 0 Å². The zero-order chi connectivity index (χ0) is 10.7. The maximum absolute atomic E-state index is 10.2. The molecule has 0 aliphatic carbocycles. The van der Waals surface area contributed by atoms with E-state index in [9.17, 15) is 20.1 Å². The topological polar surface area (TPSA) is 107 Å². The summed E-state index contributed by atoms with van der Waals surface area (Å²) in [5.41, 5.74) is 0. The van der Waals surface area contributed by atoms with Gasteiger partial charge in [0.2, 0.25) is 0 Å². The maximum Gasteiger partial charge on any atom is 0.122 e. The van der Waals surface area contributed by atoms with Gasteiger partial charge >= 0.3 is 0 Å². The third kappa shape index (κ3) is 2.10. The molecule has 0 spiro atoms. The Morgan fingerprint density at radius 1 is 1.07 bits per heavy atom. The van der Waals surface area contributed by atoms with E-state index < -0.39 is 37.1 Å². The smallest absolute Gasteiger partial charge is 0.122 e. The standard InChI is InChI=1S/C8H14O6/c9-2-1-4-6(11)8(13)7(12)5(3-10)14-4/h2,4-8,10-13H,1,3H2/t4?,5-,6+,7-,8-/m1/s1. The first kappa shape index (κ1) is 11.5. The van der Waals surface area contributed by atoms with Gasteiger partial charge in [-0.15, -0.1) is 0 Å². The Balaban J connectivity index is 2.67. The van der Waals surface area contributed by atoms with Gasteiger partial charge in [-0.1, -0.05) is 0 Å². The van der Waals surface area contributed by atoms with E-state index in [1.165, 1.54) is 0 Å². The van der Waals surface area contributed by atoms with Crippen LogP contribution >= 0.6 is 0 Å². The Morgan fingerprint density at radius 2 is 1.64 bits per heavy atom. The first-order chi connectivity index (χ1) is 6.61. The highest BCUT2D eigenvalue weighted by Crippen LogP contribution is 2.22. The number of ether oxygens (including phenoxy) is 1. The van der Waals surface area contributed by atoms with Crippen molar-refractivity contribution in [2.24, 2.45) is 0 Å². The van der Waals surface area contributed by atoms with E-state index in [1.54, 1.807) is 0 Å². The molecule has 0 radical (unpaired) electrons. The van der Waals surface area contributed by atoms with Gasteiger partial charge in [0, 0.05) is 6.42 Å². The molecule has 0 aromatic heterocycles. The second-order valence-electron chi connectivity index (χ2n) is 3.27. The molecule has 6 heteroatoms. The van der Waals surface area contributed by atoms with Crippen molar-refractivity contribution in [1.82, 2.24) is 0 Å². The molecule has 0 aromatic carbocycles. The van der Waals surface area contributed by atoms with Crippen LogP contribution in [0.15, 0.2) is 0 Å². The van der Waals surface area contributed by atoms with E-state index in [2.05, 4.69) is 0 Å². The van der Waals surface area contributed by atoms with Crippen LogP contribution in [0.25, 0.3) is 0 Å². The molecule has 1 aliphatic heterocycles. The fourth-order valence-electron chi connectivity index (χ4n) is 1.47. The van der Waals surface area contributed by atoms with Crippen molar-refractivity contribution < 1.29 is 30.0 Å². The van der Waals surface area contributed by atoms with Crippen LogP contribution in [0.1, 0.15) is 6.42 Å². The zero-order valence-electron chi connectivity index (χ0n) is 7.48. The Morgan fingerprint density at radius 3 is 2.14 bits per heavy atom. The lowest BCUT2D eigenvalue weighted by Crippen LogP contribution is -2.58. The highest BCUT2D eigenvalue weighted by Gasteiger charge is 2.42. The lowest BCUT2D eigenvalue weighted by atomic mass is 9.94. The summed E-state index contributed by atoms with van der Waals surface area (Å²) in [6, 6.07) is 0. The number of carbonyl (C=O) groups is 1. The molecule has 1 heterocycles. The molecular weight excluding hydrogens is 192 g/mol. The molecule has 1 aliphatic rings. The molecule has 14 heavy (non-hydrogen) atoms. The predicted molar refractivity (Wildman–Crippen MR) is 44.4 cm³/mol. The number of hydrogen-bond acceptors (Lipinski definition) is 6. The molecule has 6 nitrogen and oxygen atoms in total. The largest absolute Gasteiger partial charge is 0.394 e. The molecule has 1 saturated heterocycles. The fraction of sp³-hybridized carbons (Fsp3) is 0.875. The molecule has 0 amide bonds. The van der Waals surface area contributed by atoms with Gasteiger partial charge in [0.1, 0.15) is 30.7 Å². The average Bonchev–Trinajstić information content (AvgIpc) is 2.19. The molecule has 1 unspecified atom stereocenters. The van der Waals surface area contributed by atoms with E-state index >= 15 is 0 Å². The molecule has 1 rings (SSSR count). The first-order valence-corrected chi connectivity index (χ1v) is 4.36. The predicted octanol–water partition coefficient (Wildman–Crippen LogP) is -2.58. The number of rotatable bonds is 3. The minimum Gasteiger partial charge on any atom is -0.394 e. The van der Waals surface area contributed by atoms with Crippen molar-refractivity contribution in [3.8, 4) is 0 Å². The highest BCUT2D eigenvalue weighted by atomic mass is 16.5. The van der Waals surface area contributed by atoms with E-state index in [-0.39, 0.29) is 6.42 Å². The Labute approximate surface area is 80.7 Å². The summed E-state index contributed by atoms with van der Waals surface area (Å²) < 4.78 is 5.03. The number of aliphatic hydroxyl groups excluding tert-OH is 4. The summed E-state index contributed by atoms with van der Waals surface area (Å²) >= 11 is 0. The Hall–Kier alpha value is -0.530. The summed E-state index contributed by atoms with van der Waals surface area (Å²) in [6.45, 7) is -0.472. The second kappa shape index (κ2) is 4.81. The molecule has 1 fully saturated rings. The number of aldehydes is 1. The lowest BCUT2D eigenvalue weighted by molar-refractivity contribution is -0.228. The van der Waals surface area contributed by atoms with Crippen molar-refractivity contribution in [3.63, 3.8) is 0 Å². The third-order valence-electron chi connectivity index (χ3n) is 2.32. The SMILES string of the molecule is O=CCC1O[C@H](CO)[C@@H](O)[C@H](O)[C@H]1O. The molecule has 0 saturated carbocycles. The van der Waals surface area contributed by atoms with Gasteiger partial charge < -0.3 is 30.0 Å². The average molecular weight is 206 g/mol. The summed E-state index contributed by atoms with van der Waals surface area (Å²) in [7, 11) is 0. The van der Waals surface area contributed by atoms with Crippen molar-refractivity contribution in [2.45, 2.75) is 36.9 Å². The van der Waals surface area contributed by atoms with Gasteiger partial charge in [-0.2, -0.15) is 0 Å². The maximum atomic E-state index is 10.2. The lowest BCUT2D eigenvalue weighted by Gasteiger charge is -2.39. The first-order valence-electron chi connectivity index (χ1n) is 4.36. The minimum absolute atomic E-state index is 0.0819. The van der Waals surface area contributed by atoms with Crippen molar-refractivity contribution >= 4 is 6.29 Å². The summed E-state index contributed by atoms with van der Waals surface area (Å²) in [4.78, 5) is 10.2. The van der Waals surface area contributed by atoms with Crippen LogP contribution in [0.4, 0.5) is 0 Å². The van der Waals surface area contributed by atoms with Crippen LogP contribution in [0.5, 0.6) is 0 Å². The van der Waals surface area contributed by atoms with E-state index in [0.717, 1.165) is 0 Å². The van der Waals surface area contributed by atoms with E-state index in [4.69, 9.17) is 9.84 Å². The van der Waals surface area contributed by atoms with E-state index in [0.29, 0.717) is 6.29 Å². The van der Waals surface area contributed by atoms with Gasteiger partial charge in [0.25, 0.3) is 0 Å². The van der Waals surface area contributed by atoms with Gasteiger partial charge in [-0.05, 0) is 0 Å². The molecule has 5 atom stereocenters. The highest BCUT2D eigenvalue weighted by molar-refractivity contribution is 5.50. The molecule has 0 aromatic rings. The molecule has 82 valence electrons. The van der Waals surface area contributed by atoms with Gasteiger partial charge in [-0.3, -0.25) is 0 Å². The summed E-state index contributed by atoms with van der Waals surface area (Å²) in [5, 5.41) is 36.8. The molecule has 0 bridgehead atoms. The van der Waals surface area contributed by atoms with Crippen molar-refractivity contribution in [3.05, 3.63) is 0 Å². The third-order valence-corrected chi connectivity index (χ3v) is 2.32. The quantitative estimate of drug-likeness (QED) is 0.378. The zero-order valence-corrected chi connectivity index (χ0v) is 7.48. The van der Waals surface area contributed by atoms with Crippen LogP contribution in [-0.2, 0) is 9.53 Å². The van der Waals surface area contributed by atoms with Crippen LogP contribution in [-0.4, -0.2) is 63.8 Å². The molecular formula is C8H14O6. The second-order valence-corrected chi connectivity index (χ2v) is 3.27. The minimum atomic E-state index is -1.40. The number of hydrogen-bond donors (Lipinski definition) is 4. The van der Waals surface area contributed by atoms with Crippen LogP contribution in [0.3, 0.4) is 0 Å². The normalized spacial score (nSPS) is 43.6. The summed E-state index contributed by atoms with van der Waals surface area (Å²) in [6.07, 6.45) is -5.41. The summed E-state index contributed by atoms with van der Waals surface area (Å²) in [5.74, 6) is 0. The van der Waals surface area contributed by atoms with Crippen molar-refractivity contribution in [1.29, 1.82) is 0 Å². The Kier molecular flexibility index (Phi) is 3.97. The fourth-order valence-corrected chi connectivity index (χ4v) is 1.47. The monoisotopic (exact) mass is 206 g/mol. The van der Waals surface area contributed by atoms with Gasteiger partial charge in [0.05, 0.1) is 12.7 Å². The van der Waals surface area contributed by atoms with Gasteiger partial charge in [-0.25, -0.2) is 0 Å². The Bertz CT molecular complexity index is 194. The van der Waals surface area contributed by atoms with Crippen LogP contribution in [0, 0.1) is 0 Å². The number of carbonyl (C=O) groups excluding carboxylic acids is 1. The van der Waals surface area contributed by atoms with Crippen LogP contribution < -0.4 is 0 Å². The van der Waals surface area contributed by atoms with Crippen LogP contribution in [0.2, 0.25) is 0 Å². The van der Waals surface area contributed by atoms with E-state index in [1.807, 2.05) is 0 Å².